The molecule has 2 heterocycles. The minimum absolute atomic E-state index is 0.0220. The third kappa shape index (κ3) is 3.95. The molecule has 2 N–H and O–H groups in total. The van der Waals surface area contributed by atoms with Gasteiger partial charge in [-0.1, -0.05) is 0 Å². The third-order valence-electron chi connectivity index (χ3n) is 4.10. The molecule has 104 valence electrons. The minimum atomic E-state index is -0.0220. The van der Waals surface area contributed by atoms with Gasteiger partial charge in [-0.25, -0.2) is 0 Å². The van der Waals surface area contributed by atoms with Gasteiger partial charge in [-0.05, 0) is 58.5 Å². The molecule has 0 aromatic heterocycles. The Bertz CT molecular complexity index is 256. The largest absolute Gasteiger partial charge is 0.341 e. The van der Waals surface area contributed by atoms with Crippen LogP contribution in [0.25, 0.3) is 0 Å². The van der Waals surface area contributed by atoms with Crippen molar-refractivity contribution in [2.45, 2.75) is 57.5 Å². The number of nitrogens with zero attached hydrogens (tertiary/aromatic N) is 1. The van der Waals surface area contributed by atoms with Crippen LogP contribution in [0, 0.1) is 0 Å². The average Bonchev–Trinajstić information content (AvgIpc) is 2.67. The first-order valence-electron chi connectivity index (χ1n) is 7.53. The number of nitrogens with one attached hydrogen (secondary N) is 2. The lowest BCUT2D eigenvalue weighted by Crippen LogP contribution is -2.49. The van der Waals surface area contributed by atoms with E-state index in [1.165, 1.54) is 32.1 Å². The van der Waals surface area contributed by atoms with Crippen molar-refractivity contribution >= 4 is 5.91 Å². The summed E-state index contributed by atoms with van der Waals surface area (Å²) in [4.78, 5) is 14.3. The number of amides is 1. The molecule has 2 aliphatic heterocycles. The van der Waals surface area contributed by atoms with E-state index in [1.54, 1.807) is 0 Å². The van der Waals surface area contributed by atoms with Crippen molar-refractivity contribution in [1.82, 2.24) is 15.5 Å². The van der Waals surface area contributed by atoms with Crippen molar-refractivity contribution in [1.29, 1.82) is 0 Å². The van der Waals surface area contributed by atoms with Gasteiger partial charge in [0.05, 0.1) is 6.04 Å². The molecule has 0 spiro atoms. The van der Waals surface area contributed by atoms with Crippen molar-refractivity contribution in [3.05, 3.63) is 0 Å². The number of hydrogen-bond donors (Lipinski definition) is 2. The second kappa shape index (κ2) is 7.10. The highest BCUT2D eigenvalue weighted by Crippen LogP contribution is 2.11. The van der Waals surface area contributed by atoms with Gasteiger partial charge in [-0.15, -0.1) is 0 Å². The second-order valence-corrected chi connectivity index (χ2v) is 5.65. The molecule has 1 amide bonds. The Morgan fingerprint density at radius 3 is 2.72 bits per heavy atom. The van der Waals surface area contributed by atoms with Crippen molar-refractivity contribution in [2.75, 3.05) is 26.2 Å². The third-order valence-corrected chi connectivity index (χ3v) is 4.10. The molecule has 2 rings (SSSR count). The van der Waals surface area contributed by atoms with Crippen LogP contribution in [0.3, 0.4) is 0 Å². The number of carbonyl (C=O) groups is 1. The lowest BCUT2D eigenvalue weighted by atomic mass is 10.1. The SMILES string of the molecule is CC(NC1CCCNCC1)C(=O)N1CCCCC1. The number of likely N-dealkylation sites (tertiary alicyclic amines) is 1. The standard InChI is InChI=1S/C14H27N3O/c1-12(14(18)17-10-3-2-4-11-17)16-13-6-5-8-15-9-7-13/h12-13,15-16H,2-11H2,1H3. The molecule has 18 heavy (non-hydrogen) atoms. The summed E-state index contributed by atoms with van der Waals surface area (Å²) >= 11 is 0. The van der Waals surface area contributed by atoms with Crippen LogP contribution in [-0.4, -0.2) is 49.1 Å². The summed E-state index contributed by atoms with van der Waals surface area (Å²) in [5, 5.41) is 6.93. The summed E-state index contributed by atoms with van der Waals surface area (Å²) in [5.74, 6) is 0.298. The summed E-state index contributed by atoms with van der Waals surface area (Å²) in [5.41, 5.74) is 0. The summed E-state index contributed by atoms with van der Waals surface area (Å²) in [7, 11) is 0. The molecule has 4 nitrogen and oxygen atoms in total. The van der Waals surface area contributed by atoms with Crippen LogP contribution < -0.4 is 10.6 Å². The zero-order valence-corrected chi connectivity index (χ0v) is 11.6. The molecule has 0 radical (unpaired) electrons. The zero-order valence-electron chi connectivity index (χ0n) is 11.6. The lowest BCUT2D eigenvalue weighted by molar-refractivity contribution is -0.134. The summed E-state index contributed by atoms with van der Waals surface area (Å²) in [6, 6.07) is 0.481. The quantitative estimate of drug-likeness (QED) is 0.792. The molecular formula is C14H27N3O. The van der Waals surface area contributed by atoms with Gasteiger partial charge in [0.2, 0.25) is 5.91 Å². The van der Waals surface area contributed by atoms with Gasteiger partial charge in [-0.3, -0.25) is 4.79 Å². The van der Waals surface area contributed by atoms with Gasteiger partial charge < -0.3 is 15.5 Å². The summed E-state index contributed by atoms with van der Waals surface area (Å²) in [6.07, 6.45) is 7.15. The molecule has 2 aliphatic rings. The molecular weight excluding hydrogens is 226 g/mol. The van der Waals surface area contributed by atoms with Gasteiger partial charge >= 0.3 is 0 Å². The maximum Gasteiger partial charge on any atom is 0.239 e. The smallest absolute Gasteiger partial charge is 0.239 e. The van der Waals surface area contributed by atoms with E-state index >= 15 is 0 Å². The topological polar surface area (TPSA) is 44.4 Å². The maximum atomic E-state index is 12.3. The van der Waals surface area contributed by atoms with Crippen LogP contribution >= 0.6 is 0 Å². The van der Waals surface area contributed by atoms with Gasteiger partial charge in [0, 0.05) is 19.1 Å². The zero-order chi connectivity index (χ0) is 12.8. The lowest BCUT2D eigenvalue weighted by Gasteiger charge is -2.31. The van der Waals surface area contributed by atoms with E-state index in [9.17, 15) is 4.79 Å². The first-order valence-corrected chi connectivity index (χ1v) is 7.53. The van der Waals surface area contributed by atoms with E-state index in [1.807, 2.05) is 11.8 Å². The van der Waals surface area contributed by atoms with Crippen LogP contribution in [0.1, 0.15) is 45.4 Å². The van der Waals surface area contributed by atoms with Crippen molar-refractivity contribution < 1.29 is 4.79 Å². The number of hydrogen-bond acceptors (Lipinski definition) is 3. The normalized spacial score (nSPS) is 27.6. The fourth-order valence-corrected chi connectivity index (χ4v) is 3.00. The van der Waals surface area contributed by atoms with E-state index in [-0.39, 0.29) is 6.04 Å². The Kier molecular flexibility index (Phi) is 5.45. The molecule has 0 aromatic rings. The van der Waals surface area contributed by atoms with E-state index < -0.39 is 0 Å². The van der Waals surface area contributed by atoms with Crippen LogP contribution in [0.4, 0.5) is 0 Å². The Morgan fingerprint density at radius 2 is 1.94 bits per heavy atom. The molecule has 0 saturated carbocycles. The number of carbonyl (C=O) groups excluding carboxylic acids is 1. The highest BCUT2D eigenvalue weighted by Gasteiger charge is 2.24. The summed E-state index contributed by atoms with van der Waals surface area (Å²) < 4.78 is 0. The van der Waals surface area contributed by atoms with Gasteiger partial charge in [0.25, 0.3) is 0 Å². The average molecular weight is 253 g/mol. The Balaban J connectivity index is 1.78. The highest BCUT2D eigenvalue weighted by molar-refractivity contribution is 5.81. The van der Waals surface area contributed by atoms with Gasteiger partial charge in [0.1, 0.15) is 0 Å². The molecule has 2 saturated heterocycles. The van der Waals surface area contributed by atoms with E-state index in [0.717, 1.165) is 32.6 Å². The Hall–Kier alpha value is -0.610. The summed E-state index contributed by atoms with van der Waals surface area (Å²) in [6.45, 7) is 6.12. The van der Waals surface area contributed by atoms with E-state index in [2.05, 4.69) is 10.6 Å². The Labute approximate surface area is 110 Å². The fourth-order valence-electron chi connectivity index (χ4n) is 3.00. The molecule has 2 unspecified atom stereocenters. The Morgan fingerprint density at radius 1 is 1.17 bits per heavy atom. The first kappa shape index (κ1) is 13.8. The molecule has 0 bridgehead atoms. The molecule has 4 heteroatoms. The van der Waals surface area contributed by atoms with Crippen LogP contribution in [0.5, 0.6) is 0 Å². The van der Waals surface area contributed by atoms with Crippen LogP contribution in [0.2, 0.25) is 0 Å². The van der Waals surface area contributed by atoms with E-state index in [4.69, 9.17) is 0 Å². The van der Waals surface area contributed by atoms with Gasteiger partial charge in [-0.2, -0.15) is 0 Å². The van der Waals surface area contributed by atoms with Crippen molar-refractivity contribution in [2.24, 2.45) is 0 Å². The number of piperidine rings is 1. The fraction of sp³-hybridized carbons (Fsp3) is 0.929. The van der Waals surface area contributed by atoms with Crippen LogP contribution in [-0.2, 0) is 4.79 Å². The predicted molar refractivity (Wildman–Crippen MR) is 73.5 cm³/mol. The second-order valence-electron chi connectivity index (χ2n) is 5.65. The van der Waals surface area contributed by atoms with Crippen LogP contribution in [0.15, 0.2) is 0 Å². The van der Waals surface area contributed by atoms with Crippen molar-refractivity contribution in [3.63, 3.8) is 0 Å². The number of rotatable bonds is 3. The molecule has 0 aromatic carbocycles. The van der Waals surface area contributed by atoms with Crippen molar-refractivity contribution in [3.8, 4) is 0 Å². The molecule has 0 aliphatic carbocycles. The maximum absolute atomic E-state index is 12.3. The van der Waals surface area contributed by atoms with E-state index in [0.29, 0.717) is 11.9 Å². The predicted octanol–water partition coefficient (Wildman–Crippen LogP) is 1.12. The highest BCUT2D eigenvalue weighted by atomic mass is 16.2. The monoisotopic (exact) mass is 253 g/mol. The first-order chi connectivity index (χ1) is 8.77. The molecule has 2 atom stereocenters. The van der Waals surface area contributed by atoms with Gasteiger partial charge in [0.15, 0.2) is 0 Å². The minimum Gasteiger partial charge on any atom is -0.341 e. The molecule has 2 fully saturated rings.